The predicted octanol–water partition coefficient (Wildman–Crippen LogP) is 4.19. The summed E-state index contributed by atoms with van der Waals surface area (Å²) in [7, 11) is 0. The van der Waals surface area contributed by atoms with Crippen molar-refractivity contribution in [1.29, 1.82) is 0 Å². The van der Waals surface area contributed by atoms with Gasteiger partial charge in [-0.1, -0.05) is 32.0 Å². The number of nitrogens with zero attached hydrogens (tertiary/aromatic N) is 6. The molecule has 1 atom stereocenters. The number of rotatable bonds is 4. The van der Waals surface area contributed by atoms with Crippen LogP contribution in [0.2, 0.25) is 0 Å². The second-order valence-corrected chi connectivity index (χ2v) is 8.89. The van der Waals surface area contributed by atoms with Crippen molar-refractivity contribution in [3.8, 4) is 5.95 Å². The Kier molecular flexibility index (Phi) is 4.28. The molecule has 0 fully saturated rings. The molecule has 5 aromatic rings. The van der Waals surface area contributed by atoms with Crippen LogP contribution in [0.3, 0.4) is 0 Å². The standard InChI is InChI=1S/C24H26N8/c1-14(2)19-13-26-32-22(19)29-23(31-11-10-25-15(31)3)30-24(32)27-16-8-9-21-18(12-16)17-6-4-5-7-20(17)28-21/h4-7,10-11,13-14,16,28H,8-9,12H2,1-3H3,(H,27,29,30)/t16-/m1/s1. The van der Waals surface area contributed by atoms with Crippen LogP contribution < -0.4 is 5.32 Å². The molecule has 0 bridgehead atoms. The van der Waals surface area contributed by atoms with Crippen molar-refractivity contribution < 1.29 is 0 Å². The summed E-state index contributed by atoms with van der Waals surface area (Å²) in [5.41, 5.74) is 5.92. The van der Waals surface area contributed by atoms with E-state index in [2.05, 4.69) is 58.5 Å². The van der Waals surface area contributed by atoms with Crippen LogP contribution in [0.4, 0.5) is 5.95 Å². The normalized spacial score (nSPS) is 16.2. The van der Waals surface area contributed by atoms with Crippen molar-refractivity contribution in [1.82, 2.24) is 34.1 Å². The zero-order valence-corrected chi connectivity index (χ0v) is 18.5. The van der Waals surface area contributed by atoms with Crippen molar-refractivity contribution in [3.05, 3.63) is 65.5 Å². The molecule has 6 rings (SSSR count). The summed E-state index contributed by atoms with van der Waals surface area (Å²) in [4.78, 5) is 17.7. The van der Waals surface area contributed by atoms with Gasteiger partial charge >= 0.3 is 0 Å². The van der Waals surface area contributed by atoms with Crippen LogP contribution in [0, 0.1) is 6.92 Å². The second-order valence-electron chi connectivity index (χ2n) is 8.89. The van der Waals surface area contributed by atoms with E-state index < -0.39 is 0 Å². The van der Waals surface area contributed by atoms with Crippen molar-refractivity contribution in [2.24, 2.45) is 0 Å². The molecule has 2 N–H and O–H groups in total. The SMILES string of the molecule is Cc1nccn1-c1nc(N[C@@H]2CCc3[nH]c4ccccc4c3C2)n2ncc(C(C)C)c2n1. The molecule has 162 valence electrons. The molecule has 4 heterocycles. The zero-order valence-electron chi connectivity index (χ0n) is 18.5. The van der Waals surface area contributed by atoms with Gasteiger partial charge in [0.1, 0.15) is 5.82 Å². The van der Waals surface area contributed by atoms with Crippen LogP contribution in [0.15, 0.2) is 42.9 Å². The molecule has 1 aliphatic rings. The van der Waals surface area contributed by atoms with Crippen LogP contribution >= 0.6 is 0 Å². The van der Waals surface area contributed by atoms with E-state index in [0.717, 1.165) is 42.2 Å². The van der Waals surface area contributed by atoms with Gasteiger partial charge in [-0.25, -0.2) is 4.98 Å². The van der Waals surface area contributed by atoms with E-state index in [1.54, 1.807) is 6.20 Å². The molecule has 8 heteroatoms. The number of para-hydroxylation sites is 1. The Bertz CT molecular complexity index is 1440. The lowest BCUT2D eigenvalue weighted by Gasteiger charge is -2.24. The molecular formula is C24H26N8. The summed E-state index contributed by atoms with van der Waals surface area (Å²) >= 11 is 0. The number of anilines is 1. The topological polar surface area (TPSA) is 88.7 Å². The first-order valence-electron chi connectivity index (χ1n) is 11.2. The highest BCUT2D eigenvalue weighted by molar-refractivity contribution is 5.85. The smallest absolute Gasteiger partial charge is 0.240 e. The number of aryl methyl sites for hydroxylation is 2. The number of H-pyrrole nitrogens is 1. The highest BCUT2D eigenvalue weighted by Gasteiger charge is 2.24. The van der Waals surface area contributed by atoms with E-state index in [1.807, 2.05) is 28.4 Å². The Hall–Kier alpha value is -3.68. The molecule has 0 aliphatic heterocycles. The van der Waals surface area contributed by atoms with Crippen LogP contribution in [-0.4, -0.2) is 40.2 Å². The molecule has 0 amide bonds. The fraction of sp³-hybridized carbons (Fsp3) is 0.333. The molecule has 0 saturated heterocycles. The minimum Gasteiger partial charge on any atom is -0.358 e. The first kappa shape index (κ1) is 19.0. The summed E-state index contributed by atoms with van der Waals surface area (Å²) in [5.74, 6) is 2.50. The lowest BCUT2D eigenvalue weighted by atomic mass is 9.91. The molecule has 0 spiro atoms. The molecule has 32 heavy (non-hydrogen) atoms. The fourth-order valence-corrected chi connectivity index (χ4v) is 4.76. The molecule has 4 aromatic heterocycles. The first-order valence-corrected chi connectivity index (χ1v) is 11.2. The number of nitrogens with one attached hydrogen (secondary N) is 2. The van der Waals surface area contributed by atoms with E-state index in [-0.39, 0.29) is 6.04 Å². The Morgan fingerprint density at radius 1 is 1.19 bits per heavy atom. The van der Waals surface area contributed by atoms with Gasteiger partial charge in [0, 0.05) is 40.6 Å². The lowest BCUT2D eigenvalue weighted by molar-refractivity contribution is 0.598. The Morgan fingerprint density at radius 3 is 2.88 bits per heavy atom. The average molecular weight is 427 g/mol. The van der Waals surface area contributed by atoms with Crippen LogP contribution in [0.25, 0.3) is 22.5 Å². The minimum atomic E-state index is 0.267. The number of hydrogen-bond acceptors (Lipinski definition) is 5. The fourth-order valence-electron chi connectivity index (χ4n) is 4.76. The number of aromatic nitrogens is 7. The number of benzene rings is 1. The van der Waals surface area contributed by atoms with E-state index in [4.69, 9.17) is 9.97 Å². The largest absolute Gasteiger partial charge is 0.358 e. The quantitative estimate of drug-likeness (QED) is 0.450. The third kappa shape index (κ3) is 2.97. The van der Waals surface area contributed by atoms with Crippen molar-refractivity contribution in [2.45, 2.75) is 52.0 Å². The highest BCUT2D eigenvalue weighted by atomic mass is 15.4. The van der Waals surface area contributed by atoms with Crippen LogP contribution in [-0.2, 0) is 12.8 Å². The second kappa shape index (κ2) is 7.19. The van der Waals surface area contributed by atoms with Crippen molar-refractivity contribution >= 4 is 22.5 Å². The maximum Gasteiger partial charge on any atom is 0.240 e. The van der Waals surface area contributed by atoms with Gasteiger partial charge in [0.05, 0.1) is 6.20 Å². The lowest BCUT2D eigenvalue weighted by Crippen LogP contribution is -2.29. The summed E-state index contributed by atoms with van der Waals surface area (Å²) in [5, 5.41) is 9.64. The number of aromatic amines is 1. The van der Waals surface area contributed by atoms with Crippen LogP contribution in [0.1, 0.15) is 48.8 Å². The highest BCUT2D eigenvalue weighted by Crippen LogP contribution is 2.30. The van der Waals surface area contributed by atoms with E-state index >= 15 is 0 Å². The summed E-state index contributed by atoms with van der Waals surface area (Å²) < 4.78 is 3.76. The number of hydrogen-bond donors (Lipinski definition) is 2. The summed E-state index contributed by atoms with van der Waals surface area (Å²) in [6, 6.07) is 8.82. The first-order chi connectivity index (χ1) is 15.6. The Balaban J connectivity index is 1.41. The third-order valence-corrected chi connectivity index (χ3v) is 6.48. The van der Waals surface area contributed by atoms with Crippen molar-refractivity contribution in [3.63, 3.8) is 0 Å². The van der Waals surface area contributed by atoms with Gasteiger partial charge in [-0.3, -0.25) is 4.57 Å². The van der Waals surface area contributed by atoms with Gasteiger partial charge < -0.3 is 10.3 Å². The van der Waals surface area contributed by atoms with Gasteiger partial charge in [-0.2, -0.15) is 19.6 Å². The maximum absolute atomic E-state index is 4.87. The monoisotopic (exact) mass is 426 g/mol. The molecular weight excluding hydrogens is 400 g/mol. The molecule has 1 aliphatic carbocycles. The van der Waals surface area contributed by atoms with Gasteiger partial charge in [0.25, 0.3) is 0 Å². The van der Waals surface area contributed by atoms with E-state index in [1.165, 1.54) is 22.2 Å². The Morgan fingerprint density at radius 2 is 2.06 bits per heavy atom. The molecule has 0 radical (unpaired) electrons. The third-order valence-electron chi connectivity index (χ3n) is 6.48. The van der Waals surface area contributed by atoms with Crippen LogP contribution in [0.5, 0.6) is 0 Å². The van der Waals surface area contributed by atoms with Gasteiger partial charge in [-0.05, 0) is 43.7 Å². The summed E-state index contributed by atoms with van der Waals surface area (Å²) in [6.07, 6.45) is 8.57. The summed E-state index contributed by atoms with van der Waals surface area (Å²) in [6.45, 7) is 6.28. The molecule has 8 nitrogen and oxygen atoms in total. The maximum atomic E-state index is 4.87. The number of fused-ring (bicyclic) bond motifs is 4. The molecule has 0 saturated carbocycles. The number of imidazole rings is 1. The zero-order chi connectivity index (χ0) is 21.8. The Labute approximate surface area is 185 Å². The molecule has 1 aromatic carbocycles. The minimum absolute atomic E-state index is 0.267. The molecule has 0 unspecified atom stereocenters. The van der Waals surface area contributed by atoms with E-state index in [9.17, 15) is 0 Å². The van der Waals surface area contributed by atoms with E-state index in [0.29, 0.717) is 11.9 Å². The van der Waals surface area contributed by atoms with Gasteiger partial charge in [-0.15, -0.1) is 0 Å². The van der Waals surface area contributed by atoms with Gasteiger partial charge in [0.2, 0.25) is 11.9 Å². The van der Waals surface area contributed by atoms with Gasteiger partial charge in [0.15, 0.2) is 5.65 Å². The van der Waals surface area contributed by atoms with Crippen molar-refractivity contribution in [2.75, 3.05) is 5.32 Å². The predicted molar refractivity (Wildman–Crippen MR) is 124 cm³/mol. The average Bonchev–Trinajstić information content (AvgIpc) is 3.49.